The summed E-state index contributed by atoms with van der Waals surface area (Å²) in [5.41, 5.74) is 1.40. The number of nitriles is 1. The molecule has 0 spiro atoms. The monoisotopic (exact) mass is 363 g/mol. The minimum Gasteiger partial charge on any atom is -0.493 e. The van der Waals surface area contributed by atoms with Gasteiger partial charge in [-0.3, -0.25) is 9.36 Å². The Morgan fingerprint density at radius 2 is 1.96 bits per heavy atom. The van der Waals surface area contributed by atoms with Gasteiger partial charge in [0.25, 0.3) is 5.56 Å². The molecule has 0 bridgehead atoms. The van der Waals surface area contributed by atoms with Crippen molar-refractivity contribution >= 4 is 22.7 Å². The van der Waals surface area contributed by atoms with Crippen LogP contribution in [0.3, 0.4) is 0 Å². The fraction of sp³-hybridized carbons (Fsp3) is 0.250. The Balaban J connectivity index is 1.47. The van der Waals surface area contributed by atoms with Gasteiger partial charge >= 0.3 is 0 Å². The summed E-state index contributed by atoms with van der Waals surface area (Å²) in [6.07, 6.45) is 2.07. The Bertz CT molecular complexity index is 1030. The van der Waals surface area contributed by atoms with E-state index >= 15 is 0 Å². The molecule has 1 aliphatic carbocycles. The number of nitrogens with zero attached hydrogens (tertiary/aromatic N) is 3. The molecule has 0 amide bonds. The zero-order chi connectivity index (χ0) is 17.9. The summed E-state index contributed by atoms with van der Waals surface area (Å²) in [5.74, 6) is 1.42. The molecule has 130 valence electrons. The van der Waals surface area contributed by atoms with Gasteiger partial charge in [-0.05, 0) is 49.2 Å². The Morgan fingerprint density at radius 3 is 2.69 bits per heavy atom. The fourth-order valence-corrected chi connectivity index (χ4v) is 3.68. The maximum absolute atomic E-state index is 12.8. The number of fused-ring (bicyclic) bond motifs is 1. The number of hydrogen-bond acceptors (Lipinski definition) is 5. The van der Waals surface area contributed by atoms with E-state index in [4.69, 9.17) is 15.0 Å². The number of hydrogen-bond donors (Lipinski definition) is 0. The van der Waals surface area contributed by atoms with Gasteiger partial charge in [0.2, 0.25) is 0 Å². The first-order valence-corrected chi connectivity index (χ1v) is 9.52. The quantitative estimate of drug-likeness (QED) is 0.379. The van der Waals surface area contributed by atoms with Gasteiger partial charge in [0.05, 0.1) is 29.1 Å². The van der Waals surface area contributed by atoms with Gasteiger partial charge in [0.1, 0.15) is 5.75 Å². The molecule has 1 aromatic heterocycles. The molecule has 0 unspecified atom stereocenters. The van der Waals surface area contributed by atoms with E-state index in [0.29, 0.717) is 23.3 Å². The van der Waals surface area contributed by atoms with E-state index in [9.17, 15) is 4.79 Å². The summed E-state index contributed by atoms with van der Waals surface area (Å²) < 4.78 is 7.56. The average Bonchev–Trinajstić information content (AvgIpc) is 3.51. The predicted octanol–water partition coefficient (Wildman–Crippen LogP) is 3.77. The van der Waals surface area contributed by atoms with Crippen molar-refractivity contribution in [2.45, 2.75) is 24.0 Å². The van der Waals surface area contributed by atoms with E-state index in [1.54, 1.807) is 36.0 Å². The summed E-state index contributed by atoms with van der Waals surface area (Å²) >= 11 is 1.55. The van der Waals surface area contributed by atoms with Gasteiger partial charge in [-0.15, -0.1) is 0 Å². The molecule has 1 aliphatic rings. The Kier molecular flexibility index (Phi) is 4.63. The lowest BCUT2D eigenvalue weighted by Crippen LogP contribution is -2.22. The molecule has 0 radical (unpaired) electrons. The Hall–Kier alpha value is -2.78. The number of para-hydroxylation sites is 1. The molecule has 0 aliphatic heterocycles. The molecule has 6 heteroatoms. The molecule has 0 atom stereocenters. The topological polar surface area (TPSA) is 67.9 Å². The summed E-state index contributed by atoms with van der Waals surface area (Å²) in [4.78, 5) is 17.5. The number of rotatable bonds is 6. The maximum Gasteiger partial charge on any atom is 0.262 e. The second-order valence-electron chi connectivity index (χ2n) is 6.15. The van der Waals surface area contributed by atoms with Crippen LogP contribution in [0.2, 0.25) is 0 Å². The maximum atomic E-state index is 12.8. The molecular formula is C20H17N3O2S. The van der Waals surface area contributed by atoms with Crippen LogP contribution in [0.25, 0.3) is 10.9 Å². The van der Waals surface area contributed by atoms with Crippen molar-refractivity contribution in [3.05, 3.63) is 64.4 Å². The molecule has 5 nitrogen and oxygen atoms in total. The Morgan fingerprint density at radius 1 is 1.19 bits per heavy atom. The Labute approximate surface area is 155 Å². The smallest absolute Gasteiger partial charge is 0.262 e. The van der Waals surface area contributed by atoms with E-state index in [2.05, 4.69) is 6.07 Å². The lowest BCUT2D eigenvalue weighted by molar-refractivity contribution is 0.343. The van der Waals surface area contributed by atoms with Crippen LogP contribution in [0.15, 0.2) is 58.5 Å². The van der Waals surface area contributed by atoms with Gasteiger partial charge in [-0.25, -0.2) is 4.98 Å². The van der Waals surface area contributed by atoms with Crippen LogP contribution in [-0.4, -0.2) is 21.9 Å². The first-order chi connectivity index (χ1) is 12.8. The molecule has 1 fully saturated rings. The molecule has 4 rings (SSSR count). The zero-order valence-electron chi connectivity index (χ0n) is 14.1. The SMILES string of the molecule is N#Cc1ccc(OCCSc2nc3ccccc3c(=O)n2C2CC2)cc1. The lowest BCUT2D eigenvalue weighted by Gasteiger charge is -2.12. The van der Waals surface area contributed by atoms with Gasteiger partial charge in [0.15, 0.2) is 5.16 Å². The van der Waals surface area contributed by atoms with Crippen LogP contribution in [0.4, 0.5) is 0 Å². The highest BCUT2D eigenvalue weighted by atomic mass is 32.2. The summed E-state index contributed by atoms with van der Waals surface area (Å²) in [6, 6.07) is 16.9. The van der Waals surface area contributed by atoms with Crippen LogP contribution in [0.1, 0.15) is 24.4 Å². The van der Waals surface area contributed by atoms with Gasteiger partial charge in [-0.1, -0.05) is 23.9 Å². The summed E-state index contributed by atoms with van der Waals surface area (Å²) in [7, 11) is 0. The number of aromatic nitrogens is 2. The van der Waals surface area contributed by atoms with Gasteiger partial charge < -0.3 is 4.74 Å². The second kappa shape index (κ2) is 7.22. The van der Waals surface area contributed by atoms with E-state index in [0.717, 1.165) is 29.3 Å². The van der Waals surface area contributed by atoms with E-state index < -0.39 is 0 Å². The van der Waals surface area contributed by atoms with E-state index in [1.165, 1.54) is 0 Å². The van der Waals surface area contributed by atoms with E-state index in [-0.39, 0.29) is 11.6 Å². The van der Waals surface area contributed by atoms with Gasteiger partial charge in [0, 0.05) is 11.8 Å². The van der Waals surface area contributed by atoms with Crippen LogP contribution in [0.5, 0.6) is 5.75 Å². The molecule has 2 aromatic carbocycles. The van der Waals surface area contributed by atoms with Crippen LogP contribution >= 0.6 is 11.8 Å². The highest BCUT2D eigenvalue weighted by molar-refractivity contribution is 7.99. The van der Waals surface area contributed by atoms with E-state index in [1.807, 2.05) is 28.8 Å². The van der Waals surface area contributed by atoms with Crippen molar-refractivity contribution in [3.63, 3.8) is 0 Å². The van der Waals surface area contributed by atoms with Crippen LogP contribution < -0.4 is 10.3 Å². The van der Waals surface area contributed by atoms with Crippen LogP contribution in [-0.2, 0) is 0 Å². The molecule has 0 N–H and O–H groups in total. The molecule has 1 heterocycles. The van der Waals surface area contributed by atoms with Crippen molar-refractivity contribution in [2.24, 2.45) is 0 Å². The number of ether oxygens (including phenoxy) is 1. The van der Waals surface area contributed by atoms with Crippen molar-refractivity contribution < 1.29 is 4.74 Å². The van der Waals surface area contributed by atoms with Crippen molar-refractivity contribution in [2.75, 3.05) is 12.4 Å². The molecular weight excluding hydrogens is 346 g/mol. The van der Waals surface area contributed by atoms with Crippen molar-refractivity contribution in [3.8, 4) is 11.8 Å². The number of thioether (sulfide) groups is 1. The second-order valence-corrected chi connectivity index (χ2v) is 7.21. The highest BCUT2D eigenvalue weighted by Crippen LogP contribution is 2.36. The van der Waals surface area contributed by atoms with Gasteiger partial charge in [-0.2, -0.15) is 5.26 Å². The molecule has 1 saturated carbocycles. The minimum atomic E-state index is 0.0496. The first-order valence-electron chi connectivity index (χ1n) is 8.53. The fourth-order valence-electron chi connectivity index (χ4n) is 2.80. The lowest BCUT2D eigenvalue weighted by atomic mass is 10.2. The third-order valence-electron chi connectivity index (χ3n) is 4.25. The molecule has 0 saturated heterocycles. The zero-order valence-corrected chi connectivity index (χ0v) is 14.9. The largest absolute Gasteiger partial charge is 0.493 e. The summed E-state index contributed by atoms with van der Waals surface area (Å²) in [6.45, 7) is 0.504. The molecule has 26 heavy (non-hydrogen) atoms. The third-order valence-corrected chi connectivity index (χ3v) is 5.17. The molecule has 3 aromatic rings. The standard InChI is InChI=1S/C20H17N3O2S/c21-13-14-5-9-16(10-6-14)25-11-12-26-20-22-18-4-2-1-3-17(18)19(24)23(20)15-7-8-15/h1-6,9-10,15H,7-8,11-12H2. The van der Waals surface area contributed by atoms with Crippen LogP contribution in [0, 0.1) is 11.3 Å². The van der Waals surface area contributed by atoms with Crippen molar-refractivity contribution in [1.82, 2.24) is 9.55 Å². The van der Waals surface area contributed by atoms with Crippen molar-refractivity contribution in [1.29, 1.82) is 5.26 Å². The average molecular weight is 363 g/mol. The summed E-state index contributed by atoms with van der Waals surface area (Å²) in [5, 5.41) is 10.3. The normalized spacial score (nSPS) is 13.5. The number of benzene rings is 2. The highest BCUT2D eigenvalue weighted by Gasteiger charge is 2.28. The predicted molar refractivity (Wildman–Crippen MR) is 102 cm³/mol. The third kappa shape index (κ3) is 3.44. The first kappa shape index (κ1) is 16.7. The minimum absolute atomic E-state index is 0.0496.